The van der Waals surface area contributed by atoms with Crippen LogP contribution < -0.4 is 0 Å². The van der Waals surface area contributed by atoms with E-state index in [4.69, 9.17) is 4.74 Å². The molecule has 1 rings (SSSR count). The van der Waals surface area contributed by atoms with Gasteiger partial charge in [-0.25, -0.2) is 0 Å². The smallest absolute Gasteiger partial charge is 0.0844 e. The Kier molecular flexibility index (Phi) is 2.94. The van der Waals surface area contributed by atoms with Gasteiger partial charge in [-0.1, -0.05) is 19.4 Å². The molecule has 0 aliphatic carbocycles. The molecular formula is C9H16O. The molecule has 1 nitrogen and oxygen atoms in total. The third-order valence-corrected chi connectivity index (χ3v) is 1.92. The largest absolute Gasteiger partial charge is 0.370 e. The molecule has 0 aromatic rings. The van der Waals surface area contributed by atoms with Crippen molar-refractivity contribution in [1.29, 1.82) is 0 Å². The lowest BCUT2D eigenvalue weighted by molar-refractivity contribution is 0.356. The molecule has 10 heavy (non-hydrogen) atoms. The van der Waals surface area contributed by atoms with E-state index < -0.39 is 0 Å². The average molecular weight is 140 g/mol. The summed E-state index contributed by atoms with van der Waals surface area (Å²) >= 11 is 0. The van der Waals surface area contributed by atoms with Gasteiger partial charge in [-0.15, -0.1) is 6.58 Å². The molecule has 1 heterocycles. The van der Waals surface area contributed by atoms with E-state index in [1.54, 1.807) is 0 Å². The number of allylic oxidation sites excluding steroid dienone is 1. The van der Waals surface area contributed by atoms with E-state index in [-0.39, 0.29) is 0 Å². The van der Waals surface area contributed by atoms with Crippen LogP contribution >= 0.6 is 0 Å². The van der Waals surface area contributed by atoms with Crippen molar-refractivity contribution in [2.45, 2.75) is 44.8 Å². The van der Waals surface area contributed by atoms with Gasteiger partial charge in [0.1, 0.15) is 0 Å². The molecule has 2 unspecified atom stereocenters. The summed E-state index contributed by atoms with van der Waals surface area (Å²) in [5.74, 6) is 0. The zero-order valence-corrected chi connectivity index (χ0v) is 6.68. The lowest BCUT2D eigenvalue weighted by Gasteiger charge is -1.88. The van der Waals surface area contributed by atoms with E-state index in [0.717, 1.165) is 6.42 Å². The third kappa shape index (κ3) is 2.14. The van der Waals surface area contributed by atoms with Crippen molar-refractivity contribution in [3.05, 3.63) is 12.7 Å². The molecule has 0 amide bonds. The summed E-state index contributed by atoms with van der Waals surface area (Å²) in [4.78, 5) is 0. The van der Waals surface area contributed by atoms with E-state index in [9.17, 15) is 0 Å². The van der Waals surface area contributed by atoms with E-state index in [1.807, 2.05) is 6.08 Å². The minimum Gasteiger partial charge on any atom is -0.370 e. The van der Waals surface area contributed by atoms with E-state index in [0.29, 0.717) is 12.2 Å². The highest BCUT2D eigenvalue weighted by Gasteiger charge is 2.36. The van der Waals surface area contributed by atoms with Gasteiger partial charge in [0, 0.05) is 0 Å². The molecule has 1 saturated heterocycles. The number of rotatable bonds is 5. The van der Waals surface area contributed by atoms with Gasteiger partial charge < -0.3 is 4.74 Å². The second kappa shape index (κ2) is 3.77. The number of hydrogen-bond donors (Lipinski definition) is 0. The van der Waals surface area contributed by atoms with Crippen LogP contribution in [0.5, 0.6) is 0 Å². The molecule has 1 aliphatic rings. The van der Waals surface area contributed by atoms with Crippen molar-refractivity contribution in [2.24, 2.45) is 0 Å². The SMILES string of the molecule is C=CCCC1OC1CCC. The summed E-state index contributed by atoms with van der Waals surface area (Å²) in [6.07, 6.45) is 7.88. The second-order valence-electron chi connectivity index (χ2n) is 2.87. The second-order valence-corrected chi connectivity index (χ2v) is 2.87. The van der Waals surface area contributed by atoms with Crippen LogP contribution in [-0.4, -0.2) is 12.2 Å². The molecule has 0 saturated carbocycles. The predicted octanol–water partition coefficient (Wildman–Crippen LogP) is 2.52. The summed E-state index contributed by atoms with van der Waals surface area (Å²) in [5.41, 5.74) is 0. The number of epoxide rings is 1. The summed E-state index contributed by atoms with van der Waals surface area (Å²) in [6, 6.07) is 0. The fraction of sp³-hybridized carbons (Fsp3) is 0.778. The zero-order valence-electron chi connectivity index (χ0n) is 6.68. The molecule has 2 atom stereocenters. The molecule has 0 aromatic heterocycles. The first-order valence-electron chi connectivity index (χ1n) is 4.14. The zero-order chi connectivity index (χ0) is 7.40. The molecule has 0 bridgehead atoms. The van der Waals surface area contributed by atoms with Crippen LogP contribution in [0.1, 0.15) is 32.6 Å². The van der Waals surface area contributed by atoms with Crippen LogP contribution in [-0.2, 0) is 4.74 Å². The monoisotopic (exact) mass is 140 g/mol. The van der Waals surface area contributed by atoms with E-state index >= 15 is 0 Å². The average Bonchev–Trinajstić information content (AvgIpc) is 2.65. The van der Waals surface area contributed by atoms with Crippen LogP contribution in [0.3, 0.4) is 0 Å². The van der Waals surface area contributed by atoms with Crippen molar-refractivity contribution in [2.75, 3.05) is 0 Å². The first-order valence-corrected chi connectivity index (χ1v) is 4.14. The molecule has 58 valence electrons. The summed E-state index contributed by atoms with van der Waals surface area (Å²) in [6.45, 7) is 5.88. The summed E-state index contributed by atoms with van der Waals surface area (Å²) < 4.78 is 5.41. The quantitative estimate of drug-likeness (QED) is 0.422. The minimum absolute atomic E-state index is 0.568. The Labute approximate surface area is 63.1 Å². The standard InChI is InChI=1S/C9H16O/c1-3-5-7-9-8(10-9)6-4-2/h3,8-9H,1,4-7H2,2H3. The lowest BCUT2D eigenvalue weighted by atomic mass is 10.1. The lowest BCUT2D eigenvalue weighted by Crippen LogP contribution is -1.91. The molecule has 0 radical (unpaired) electrons. The molecule has 1 fully saturated rings. The van der Waals surface area contributed by atoms with E-state index in [2.05, 4.69) is 13.5 Å². The number of hydrogen-bond acceptors (Lipinski definition) is 1. The van der Waals surface area contributed by atoms with Gasteiger partial charge in [-0.3, -0.25) is 0 Å². The van der Waals surface area contributed by atoms with Crippen molar-refractivity contribution in [3.63, 3.8) is 0 Å². The Balaban J connectivity index is 1.96. The van der Waals surface area contributed by atoms with Crippen LogP contribution in [0.15, 0.2) is 12.7 Å². The molecule has 1 heteroatoms. The van der Waals surface area contributed by atoms with Crippen molar-refractivity contribution < 1.29 is 4.74 Å². The van der Waals surface area contributed by atoms with Crippen molar-refractivity contribution in [1.82, 2.24) is 0 Å². The van der Waals surface area contributed by atoms with Crippen LogP contribution in [0.2, 0.25) is 0 Å². The highest BCUT2D eigenvalue weighted by molar-refractivity contribution is 4.86. The van der Waals surface area contributed by atoms with Gasteiger partial charge in [0.2, 0.25) is 0 Å². The summed E-state index contributed by atoms with van der Waals surface area (Å²) in [7, 11) is 0. The fourth-order valence-corrected chi connectivity index (χ4v) is 1.25. The Bertz CT molecular complexity index is 109. The normalized spacial score (nSPS) is 30.1. The maximum absolute atomic E-state index is 5.41. The molecular weight excluding hydrogens is 124 g/mol. The Hall–Kier alpha value is -0.300. The highest BCUT2D eigenvalue weighted by atomic mass is 16.6. The molecule has 0 N–H and O–H groups in total. The maximum Gasteiger partial charge on any atom is 0.0844 e. The Morgan fingerprint density at radius 1 is 1.40 bits per heavy atom. The molecule has 1 aliphatic heterocycles. The van der Waals surface area contributed by atoms with Gasteiger partial charge in [-0.05, 0) is 19.3 Å². The fourth-order valence-electron chi connectivity index (χ4n) is 1.25. The predicted molar refractivity (Wildman–Crippen MR) is 43.0 cm³/mol. The van der Waals surface area contributed by atoms with Crippen LogP contribution in [0.25, 0.3) is 0 Å². The summed E-state index contributed by atoms with van der Waals surface area (Å²) in [5, 5.41) is 0. The minimum atomic E-state index is 0.568. The molecule has 0 spiro atoms. The molecule has 0 aromatic carbocycles. The van der Waals surface area contributed by atoms with Gasteiger partial charge in [0.05, 0.1) is 12.2 Å². The topological polar surface area (TPSA) is 12.5 Å². The van der Waals surface area contributed by atoms with Crippen LogP contribution in [0, 0.1) is 0 Å². The van der Waals surface area contributed by atoms with Gasteiger partial charge in [0.15, 0.2) is 0 Å². The Morgan fingerprint density at radius 3 is 2.70 bits per heavy atom. The first-order chi connectivity index (χ1) is 4.88. The van der Waals surface area contributed by atoms with Crippen molar-refractivity contribution >= 4 is 0 Å². The van der Waals surface area contributed by atoms with Crippen LogP contribution in [0.4, 0.5) is 0 Å². The highest BCUT2D eigenvalue weighted by Crippen LogP contribution is 2.30. The van der Waals surface area contributed by atoms with Gasteiger partial charge in [0.25, 0.3) is 0 Å². The third-order valence-electron chi connectivity index (χ3n) is 1.92. The van der Waals surface area contributed by atoms with Crippen molar-refractivity contribution in [3.8, 4) is 0 Å². The number of ether oxygens (including phenoxy) is 1. The maximum atomic E-state index is 5.41. The Morgan fingerprint density at radius 2 is 2.10 bits per heavy atom. The first kappa shape index (κ1) is 7.80. The van der Waals surface area contributed by atoms with E-state index in [1.165, 1.54) is 19.3 Å². The van der Waals surface area contributed by atoms with Gasteiger partial charge >= 0.3 is 0 Å². The van der Waals surface area contributed by atoms with Gasteiger partial charge in [-0.2, -0.15) is 0 Å².